The number of phenols is 1. The van der Waals surface area contributed by atoms with E-state index in [9.17, 15) is 18.3 Å². The molecule has 0 heterocycles. The highest BCUT2D eigenvalue weighted by atomic mass is 79.9. The Bertz CT molecular complexity index is 883. The van der Waals surface area contributed by atoms with E-state index in [2.05, 4.69) is 26.5 Å². The molecule has 0 atom stereocenters. The van der Waals surface area contributed by atoms with E-state index in [1.165, 1.54) is 31.5 Å². The van der Waals surface area contributed by atoms with Crippen LogP contribution in [0.3, 0.4) is 0 Å². The molecule has 2 rings (SSSR count). The normalized spacial score (nSPS) is 11.8. The average Bonchev–Trinajstić information content (AvgIpc) is 2.57. The maximum Gasteiger partial charge on any atom is 0.255 e. The Morgan fingerprint density at radius 1 is 1.24 bits per heavy atom. The highest BCUT2D eigenvalue weighted by Crippen LogP contribution is 2.17. The fourth-order valence-corrected chi connectivity index (χ4v) is 3.27. The first-order valence-corrected chi connectivity index (χ1v) is 9.36. The highest BCUT2D eigenvalue weighted by molar-refractivity contribution is 9.10. The third-order valence-corrected chi connectivity index (χ3v) is 5.56. The lowest BCUT2D eigenvalue weighted by Gasteiger charge is -2.16. The summed E-state index contributed by atoms with van der Waals surface area (Å²) >= 11 is 3.24. The highest BCUT2D eigenvalue weighted by Gasteiger charge is 2.22. The second-order valence-corrected chi connectivity index (χ2v) is 8.03. The summed E-state index contributed by atoms with van der Waals surface area (Å²) in [5.41, 5.74) is 2.66. The maximum atomic E-state index is 12.4. The largest absolute Gasteiger partial charge is 0.507 e. The number of sulfonamides is 1. The monoisotopic (exact) mass is 425 g/mol. The van der Waals surface area contributed by atoms with Crippen LogP contribution in [0.5, 0.6) is 5.75 Å². The summed E-state index contributed by atoms with van der Waals surface area (Å²) in [6, 6.07) is 12.6. The van der Waals surface area contributed by atoms with E-state index in [0.29, 0.717) is 5.56 Å². The van der Waals surface area contributed by atoms with Gasteiger partial charge in [0.25, 0.3) is 5.91 Å². The van der Waals surface area contributed by atoms with E-state index < -0.39 is 22.5 Å². The molecule has 0 unspecified atom stereocenters. The number of rotatable bonds is 6. The van der Waals surface area contributed by atoms with E-state index in [1.807, 2.05) is 0 Å². The fourth-order valence-electron chi connectivity index (χ4n) is 1.88. The summed E-state index contributed by atoms with van der Waals surface area (Å²) in [6.07, 6.45) is 1.27. The molecule has 1 amide bonds. The van der Waals surface area contributed by atoms with Gasteiger partial charge in [-0.15, -0.1) is 0 Å². The van der Waals surface area contributed by atoms with Crippen molar-refractivity contribution in [1.82, 2.24) is 9.73 Å². The number of benzene rings is 2. The average molecular weight is 426 g/mol. The number of hydrogen-bond donors (Lipinski definition) is 2. The number of phenolic OH excluding ortho intramolecular Hbond substituents is 1. The molecule has 9 heteroatoms. The van der Waals surface area contributed by atoms with Crippen LogP contribution in [0, 0.1) is 0 Å². The van der Waals surface area contributed by atoms with Crippen LogP contribution in [0.15, 0.2) is 63.0 Å². The van der Waals surface area contributed by atoms with E-state index in [0.717, 1.165) is 8.78 Å². The van der Waals surface area contributed by atoms with Crippen molar-refractivity contribution in [3.8, 4) is 5.75 Å². The molecular formula is C16H16BrN3O4S. The molecule has 0 aromatic heterocycles. The number of hydrogen-bond acceptors (Lipinski definition) is 5. The standard InChI is InChI=1S/C16H16BrN3O4S/c1-20(25(23,24)14-8-6-13(17)7-9-14)11-16(22)19-18-10-12-4-2-3-5-15(12)21/h2-10,21H,11H2,1H3,(H,19,22)/b18-10-. The number of halogens is 1. The Morgan fingerprint density at radius 2 is 1.88 bits per heavy atom. The fraction of sp³-hybridized carbons (Fsp3) is 0.125. The molecule has 7 nitrogen and oxygen atoms in total. The van der Waals surface area contributed by atoms with Gasteiger partial charge in [-0.25, -0.2) is 13.8 Å². The number of hydrazone groups is 1. The van der Waals surface area contributed by atoms with Crippen molar-refractivity contribution in [1.29, 1.82) is 0 Å². The molecule has 0 bridgehead atoms. The SMILES string of the molecule is CN(CC(=O)N/N=C\c1ccccc1O)S(=O)(=O)c1ccc(Br)cc1. The van der Waals surface area contributed by atoms with Crippen LogP contribution in [0.4, 0.5) is 0 Å². The van der Waals surface area contributed by atoms with Crippen LogP contribution in [0.1, 0.15) is 5.56 Å². The van der Waals surface area contributed by atoms with Gasteiger partial charge < -0.3 is 5.11 Å². The van der Waals surface area contributed by atoms with E-state index in [4.69, 9.17) is 0 Å². The van der Waals surface area contributed by atoms with Crippen molar-refractivity contribution in [3.05, 3.63) is 58.6 Å². The number of carbonyl (C=O) groups excluding carboxylic acids is 1. The van der Waals surface area contributed by atoms with Crippen LogP contribution in [0.25, 0.3) is 0 Å². The lowest BCUT2D eigenvalue weighted by Crippen LogP contribution is -2.36. The Labute approximate surface area is 154 Å². The zero-order valence-electron chi connectivity index (χ0n) is 13.3. The van der Waals surface area contributed by atoms with E-state index in [-0.39, 0.29) is 10.6 Å². The second kappa shape index (κ2) is 8.24. The summed E-state index contributed by atoms with van der Waals surface area (Å²) in [7, 11) is -2.47. The van der Waals surface area contributed by atoms with Gasteiger partial charge in [0, 0.05) is 17.1 Å². The molecule has 2 aromatic rings. The first-order chi connectivity index (χ1) is 11.8. The van der Waals surface area contributed by atoms with Gasteiger partial charge in [0.15, 0.2) is 0 Å². The van der Waals surface area contributed by atoms with Gasteiger partial charge in [-0.1, -0.05) is 28.1 Å². The Morgan fingerprint density at radius 3 is 2.52 bits per heavy atom. The molecule has 2 aromatic carbocycles. The Balaban J connectivity index is 1.97. The van der Waals surface area contributed by atoms with Crippen molar-refractivity contribution >= 4 is 38.1 Å². The molecule has 0 aliphatic rings. The Kier molecular flexibility index (Phi) is 6.29. The van der Waals surface area contributed by atoms with E-state index >= 15 is 0 Å². The predicted molar refractivity (Wildman–Crippen MR) is 97.8 cm³/mol. The minimum Gasteiger partial charge on any atom is -0.507 e. The lowest BCUT2D eigenvalue weighted by molar-refractivity contribution is -0.121. The second-order valence-electron chi connectivity index (χ2n) is 5.07. The molecule has 0 aliphatic heterocycles. The first kappa shape index (κ1) is 19.1. The molecule has 25 heavy (non-hydrogen) atoms. The summed E-state index contributed by atoms with van der Waals surface area (Å²) in [6.45, 7) is -0.392. The third kappa shape index (κ3) is 5.12. The van der Waals surface area contributed by atoms with Gasteiger partial charge in [0.2, 0.25) is 10.0 Å². The van der Waals surface area contributed by atoms with Crippen LogP contribution in [0.2, 0.25) is 0 Å². The van der Waals surface area contributed by atoms with Crippen LogP contribution in [-0.2, 0) is 14.8 Å². The minimum atomic E-state index is -3.77. The summed E-state index contributed by atoms with van der Waals surface area (Å²) in [5.74, 6) is -0.578. The molecular weight excluding hydrogens is 410 g/mol. The number of para-hydroxylation sites is 1. The van der Waals surface area contributed by atoms with Gasteiger partial charge >= 0.3 is 0 Å². The smallest absolute Gasteiger partial charge is 0.255 e. The molecule has 0 radical (unpaired) electrons. The van der Waals surface area contributed by atoms with Crippen LogP contribution >= 0.6 is 15.9 Å². The van der Waals surface area contributed by atoms with Gasteiger partial charge in [-0.3, -0.25) is 4.79 Å². The van der Waals surface area contributed by atoms with Crippen LogP contribution < -0.4 is 5.43 Å². The zero-order valence-corrected chi connectivity index (χ0v) is 15.7. The van der Waals surface area contributed by atoms with Gasteiger partial charge in [0.1, 0.15) is 5.75 Å². The quantitative estimate of drug-likeness (QED) is 0.545. The van der Waals surface area contributed by atoms with Crippen molar-refractivity contribution in [2.45, 2.75) is 4.90 Å². The summed E-state index contributed by atoms with van der Waals surface area (Å²) in [4.78, 5) is 11.9. The van der Waals surface area contributed by atoms with Gasteiger partial charge in [-0.2, -0.15) is 9.41 Å². The predicted octanol–water partition coefficient (Wildman–Crippen LogP) is 1.93. The molecule has 132 valence electrons. The number of likely N-dealkylation sites (N-methyl/N-ethyl adjacent to an activating group) is 1. The van der Waals surface area contributed by atoms with Gasteiger partial charge in [-0.05, 0) is 36.4 Å². The zero-order chi connectivity index (χ0) is 18.4. The van der Waals surface area contributed by atoms with Crippen molar-refractivity contribution in [2.24, 2.45) is 5.10 Å². The number of aromatic hydroxyl groups is 1. The van der Waals surface area contributed by atoms with Crippen molar-refractivity contribution < 1.29 is 18.3 Å². The third-order valence-electron chi connectivity index (χ3n) is 3.22. The summed E-state index contributed by atoms with van der Waals surface area (Å²) in [5, 5.41) is 13.3. The molecule has 2 N–H and O–H groups in total. The van der Waals surface area contributed by atoms with Crippen molar-refractivity contribution in [3.63, 3.8) is 0 Å². The number of amides is 1. The Hall–Kier alpha value is -2.23. The van der Waals surface area contributed by atoms with Crippen molar-refractivity contribution in [2.75, 3.05) is 13.6 Å². The number of nitrogens with one attached hydrogen (secondary N) is 1. The topological polar surface area (TPSA) is 99.1 Å². The maximum absolute atomic E-state index is 12.4. The van der Waals surface area contributed by atoms with Gasteiger partial charge in [0.05, 0.1) is 17.7 Å². The number of carbonyl (C=O) groups is 1. The molecule has 0 saturated carbocycles. The molecule has 0 spiro atoms. The summed E-state index contributed by atoms with van der Waals surface area (Å²) < 4.78 is 26.4. The molecule has 0 fully saturated rings. The minimum absolute atomic E-state index is 0.0235. The number of nitrogens with zero attached hydrogens (tertiary/aromatic N) is 2. The molecule has 0 aliphatic carbocycles. The molecule has 0 saturated heterocycles. The van der Waals surface area contributed by atoms with E-state index in [1.54, 1.807) is 30.3 Å². The van der Waals surface area contributed by atoms with Crippen LogP contribution in [-0.4, -0.2) is 43.5 Å². The lowest BCUT2D eigenvalue weighted by atomic mass is 10.2. The first-order valence-electron chi connectivity index (χ1n) is 7.12.